The Bertz CT molecular complexity index is 356. The van der Waals surface area contributed by atoms with Crippen molar-refractivity contribution in [2.45, 2.75) is 38.4 Å². The molecule has 0 aromatic carbocycles. The molecule has 2 aliphatic rings. The monoisotopic (exact) mass is 220 g/mol. The molecule has 16 heavy (non-hydrogen) atoms. The number of nitrogens with zero attached hydrogens (tertiary/aromatic N) is 3. The van der Waals surface area contributed by atoms with Crippen LogP contribution in [0.25, 0.3) is 0 Å². The van der Waals surface area contributed by atoms with Gasteiger partial charge in [0.1, 0.15) is 0 Å². The number of hydrogen-bond acceptors (Lipinski definition) is 3. The Morgan fingerprint density at radius 2 is 2.38 bits per heavy atom. The van der Waals surface area contributed by atoms with E-state index in [-0.39, 0.29) is 0 Å². The van der Waals surface area contributed by atoms with Crippen LogP contribution in [-0.2, 0) is 6.54 Å². The SMILES string of the molecule is C[C@H]1CN(Cc2cncn2C2CC2)CCN1. The predicted octanol–water partition coefficient (Wildman–Crippen LogP) is 1.01. The summed E-state index contributed by atoms with van der Waals surface area (Å²) in [5, 5.41) is 3.48. The smallest absolute Gasteiger partial charge is 0.0951 e. The first kappa shape index (κ1) is 10.3. The molecule has 0 unspecified atom stereocenters. The van der Waals surface area contributed by atoms with Crippen molar-refractivity contribution in [2.24, 2.45) is 0 Å². The Kier molecular flexibility index (Phi) is 2.69. The maximum absolute atomic E-state index is 4.29. The fourth-order valence-corrected chi connectivity index (χ4v) is 2.52. The van der Waals surface area contributed by atoms with Crippen LogP contribution in [0.2, 0.25) is 0 Å². The number of nitrogens with one attached hydrogen (secondary N) is 1. The van der Waals surface area contributed by atoms with E-state index in [0.29, 0.717) is 6.04 Å². The molecule has 2 heterocycles. The lowest BCUT2D eigenvalue weighted by Gasteiger charge is -2.31. The molecule has 1 aromatic rings. The van der Waals surface area contributed by atoms with Crippen LogP contribution in [0.4, 0.5) is 0 Å². The van der Waals surface area contributed by atoms with Crippen molar-refractivity contribution < 1.29 is 0 Å². The normalized spacial score (nSPS) is 27.2. The van der Waals surface area contributed by atoms with Gasteiger partial charge in [-0.25, -0.2) is 4.98 Å². The molecule has 4 nitrogen and oxygen atoms in total. The predicted molar refractivity (Wildman–Crippen MR) is 63.2 cm³/mol. The first-order valence-electron chi connectivity index (χ1n) is 6.29. The second kappa shape index (κ2) is 4.18. The number of hydrogen-bond donors (Lipinski definition) is 1. The summed E-state index contributed by atoms with van der Waals surface area (Å²) in [6, 6.07) is 1.36. The highest BCUT2D eigenvalue weighted by Gasteiger charge is 2.26. The van der Waals surface area contributed by atoms with Crippen molar-refractivity contribution in [3.05, 3.63) is 18.2 Å². The maximum Gasteiger partial charge on any atom is 0.0951 e. The van der Waals surface area contributed by atoms with Crippen LogP contribution in [-0.4, -0.2) is 40.1 Å². The second-order valence-electron chi connectivity index (χ2n) is 5.11. The number of rotatable bonds is 3. The largest absolute Gasteiger partial charge is 0.330 e. The average molecular weight is 220 g/mol. The van der Waals surface area contributed by atoms with Gasteiger partial charge in [0.2, 0.25) is 0 Å². The highest BCUT2D eigenvalue weighted by molar-refractivity contribution is 5.03. The lowest BCUT2D eigenvalue weighted by atomic mass is 10.2. The summed E-state index contributed by atoms with van der Waals surface area (Å²) in [7, 11) is 0. The zero-order chi connectivity index (χ0) is 11.0. The molecular formula is C12H20N4. The van der Waals surface area contributed by atoms with Gasteiger partial charge in [-0.05, 0) is 19.8 Å². The van der Waals surface area contributed by atoms with Crippen molar-refractivity contribution in [2.75, 3.05) is 19.6 Å². The third-order valence-corrected chi connectivity index (χ3v) is 3.53. The molecule has 1 saturated carbocycles. The second-order valence-corrected chi connectivity index (χ2v) is 5.11. The summed E-state index contributed by atoms with van der Waals surface area (Å²) < 4.78 is 2.37. The number of aromatic nitrogens is 2. The van der Waals surface area contributed by atoms with E-state index in [0.717, 1.165) is 32.2 Å². The zero-order valence-electron chi connectivity index (χ0n) is 9.89. The topological polar surface area (TPSA) is 33.1 Å². The summed E-state index contributed by atoms with van der Waals surface area (Å²) in [5.41, 5.74) is 1.39. The van der Waals surface area contributed by atoms with Crippen molar-refractivity contribution >= 4 is 0 Å². The first-order chi connectivity index (χ1) is 7.83. The first-order valence-corrected chi connectivity index (χ1v) is 6.29. The van der Waals surface area contributed by atoms with Gasteiger partial charge >= 0.3 is 0 Å². The van der Waals surface area contributed by atoms with Crippen LogP contribution in [0.1, 0.15) is 31.5 Å². The third kappa shape index (κ3) is 2.13. The average Bonchev–Trinajstić information content (AvgIpc) is 3.00. The summed E-state index contributed by atoms with van der Waals surface area (Å²) in [6.45, 7) is 6.72. The maximum atomic E-state index is 4.29. The fourth-order valence-electron chi connectivity index (χ4n) is 2.52. The molecule has 1 aromatic heterocycles. The summed E-state index contributed by atoms with van der Waals surface area (Å²) in [6.07, 6.45) is 6.70. The van der Waals surface area contributed by atoms with Gasteiger partial charge in [0.05, 0.1) is 12.0 Å². The Morgan fingerprint density at radius 3 is 3.12 bits per heavy atom. The summed E-state index contributed by atoms with van der Waals surface area (Å²) >= 11 is 0. The van der Waals surface area contributed by atoms with Crippen LogP contribution < -0.4 is 5.32 Å². The van der Waals surface area contributed by atoms with E-state index in [9.17, 15) is 0 Å². The van der Waals surface area contributed by atoms with Crippen LogP contribution in [0.15, 0.2) is 12.5 Å². The lowest BCUT2D eigenvalue weighted by Crippen LogP contribution is -2.48. The van der Waals surface area contributed by atoms with Gasteiger partial charge in [-0.3, -0.25) is 4.90 Å². The molecule has 0 radical (unpaired) electrons. The fraction of sp³-hybridized carbons (Fsp3) is 0.750. The van der Waals surface area contributed by atoms with E-state index < -0.39 is 0 Å². The van der Waals surface area contributed by atoms with Gasteiger partial charge in [-0.15, -0.1) is 0 Å². The Morgan fingerprint density at radius 1 is 1.50 bits per heavy atom. The van der Waals surface area contributed by atoms with Crippen LogP contribution in [0.5, 0.6) is 0 Å². The molecule has 3 rings (SSSR count). The molecule has 1 aliphatic heterocycles. The summed E-state index contributed by atoms with van der Waals surface area (Å²) in [4.78, 5) is 6.81. The number of imidazole rings is 1. The van der Waals surface area contributed by atoms with E-state index in [1.807, 2.05) is 12.5 Å². The standard InChI is InChI=1S/C12H20N4/c1-10-7-15(5-4-14-10)8-12-6-13-9-16(12)11-2-3-11/h6,9-11,14H,2-5,7-8H2,1H3/t10-/m0/s1. The molecule has 0 spiro atoms. The van der Waals surface area contributed by atoms with Crippen molar-refractivity contribution in [1.82, 2.24) is 19.8 Å². The molecule has 88 valence electrons. The van der Waals surface area contributed by atoms with Crippen molar-refractivity contribution in [3.8, 4) is 0 Å². The van der Waals surface area contributed by atoms with Crippen LogP contribution in [0.3, 0.4) is 0 Å². The molecule has 1 aliphatic carbocycles. The van der Waals surface area contributed by atoms with Crippen molar-refractivity contribution in [1.29, 1.82) is 0 Å². The van der Waals surface area contributed by atoms with Gasteiger partial charge in [0.25, 0.3) is 0 Å². The van der Waals surface area contributed by atoms with E-state index in [4.69, 9.17) is 0 Å². The van der Waals surface area contributed by atoms with E-state index in [1.54, 1.807) is 0 Å². The highest BCUT2D eigenvalue weighted by atomic mass is 15.2. The highest BCUT2D eigenvalue weighted by Crippen LogP contribution is 2.35. The third-order valence-electron chi connectivity index (χ3n) is 3.53. The van der Waals surface area contributed by atoms with Gasteiger partial charge < -0.3 is 9.88 Å². The minimum Gasteiger partial charge on any atom is -0.330 e. The van der Waals surface area contributed by atoms with E-state index in [1.165, 1.54) is 18.5 Å². The lowest BCUT2D eigenvalue weighted by molar-refractivity contribution is 0.195. The molecule has 1 N–H and O–H groups in total. The Hall–Kier alpha value is -0.870. The Labute approximate surface area is 96.7 Å². The zero-order valence-corrected chi connectivity index (χ0v) is 9.89. The molecule has 2 fully saturated rings. The van der Waals surface area contributed by atoms with Crippen LogP contribution >= 0.6 is 0 Å². The van der Waals surface area contributed by atoms with Gasteiger partial charge in [0, 0.05) is 44.5 Å². The van der Waals surface area contributed by atoms with Crippen LogP contribution in [0, 0.1) is 0 Å². The Balaban J connectivity index is 1.66. The minimum absolute atomic E-state index is 0.617. The van der Waals surface area contributed by atoms with Gasteiger partial charge in [-0.1, -0.05) is 0 Å². The molecular weight excluding hydrogens is 200 g/mol. The van der Waals surface area contributed by atoms with E-state index >= 15 is 0 Å². The van der Waals surface area contributed by atoms with E-state index in [2.05, 4.69) is 26.7 Å². The summed E-state index contributed by atoms with van der Waals surface area (Å²) in [5.74, 6) is 0. The minimum atomic E-state index is 0.617. The molecule has 1 atom stereocenters. The van der Waals surface area contributed by atoms with Gasteiger partial charge in [-0.2, -0.15) is 0 Å². The number of piperazine rings is 1. The van der Waals surface area contributed by atoms with Gasteiger partial charge in [0.15, 0.2) is 0 Å². The molecule has 1 saturated heterocycles. The molecule has 4 heteroatoms. The van der Waals surface area contributed by atoms with Crippen molar-refractivity contribution in [3.63, 3.8) is 0 Å². The quantitative estimate of drug-likeness (QED) is 0.825. The molecule has 0 amide bonds. The molecule has 0 bridgehead atoms.